The number of rotatable bonds is 4. The van der Waals surface area contributed by atoms with E-state index in [1.807, 2.05) is 0 Å². The summed E-state index contributed by atoms with van der Waals surface area (Å²) in [4.78, 5) is 9.18. The van der Waals surface area contributed by atoms with Crippen molar-refractivity contribution in [1.82, 2.24) is 19.9 Å². The van der Waals surface area contributed by atoms with Crippen LogP contribution in [0.25, 0.3) is 0 Å². The van der Waals surface area contributed by atoms with Crippen molar-refractivity contribution in [3.8, 4) is 0 Å². The zero-order valence-corrected chi connectivity index (χ0v) is 12.2. The van der Waals surface area contributed by atoms with Crippen LogP contribution in [0.5, 0.6) is 0 Å². The lowest BCUT2D eigenvalue weighted by Crippen LogP contribution is -2.31. The predicted octanol–water partition coefficient (Wildman–Crippen LogP) is 0.515. The molecule has 2 rings (SSSR count). The van der Waals surface area contributed by atoms with Crippen LogP contribution in [0, 0.1) is 5.92 Å². The summed E-state index contributed by atoms with van der Waals surface area (Å²) in [6.07, 6.45) is 1.94. The summed E-state index contributed by atoms with van der Waals surface area (Å²) in [5, 5.41) is 4.16. The molecule has 1 aromatic rings. The molecule has 0 spiro atoms. The minimum Gasteiger partial charge on any atom is -0.339 e. The lowest BCUT2D eigenvalue weighted by Gasteiger charge is -2.24. The van der Waals surface area contributed by atoms with E-state index in [2.05, 4.69) is 41.0 Å². The first kappa shape index (κ1) is 14.4. The molecule has 1 aromatic heterocycles. The second-order valence-electron chi connectivity index (χ2n) is 5.70. The van der Waals surface area contributed by atoms with Gasteiger partial charge >= 0.3 is 0 Å². The SMILES string of the molecule is CC(CN)Cc1nc(C2CN(C)CCCN2C)no1. The Morgan fingerprint density at radius 2 is 2.21 bits per heavy atom. The topological polar surface area (TPSA) is 71.4 Å². The van der Waals surface area contributed by atoms with Crippen LogP contribution in [-0.2, 0) is 6.42 Å². The van der Waals surface area contributed by atoms with Gasteiger partial charge in [0, 0.05) is 13.0 Å². The van der Waals surface area contributed by atoms with Crippen LogP contribution in [0.1, 0.15) is 31.1 Å². The number of hydrogen-bond acceptors (Lipinski definition) is 6. The normalized spacial score (nSPS) is 24.3. The average molecular weight is 267 g/mol. The summed E-state index contributed by atoms with van der Waals surface area (Å²) in [5.74, 6) is 1.88. The minimum absolute atomic E-state index is 0.221. The second kappa shape index (κ2) is 6.45. The minimum atomic E-state index is 0.221. The van der Waals surface area contributed by atoms with Gasteiger partial charge in [0.25, 0.3) is 0 Å². The van der Waals surface area contributed by atoms with Crippen LogP contribution in [0.15, 0.2) is 4.52 Å². The highest BCUT2D eigenvalue weighted by Gasteiger charge is 2.26. The third-order valence-corrected chi connectivity index (χ3v) is 3.77. The summed E-state index contributed by atoms with van der Waals surface area (Å²) in [7, 11) is 4.27. The van der Waals surface area contributed by atoms with Crippen molar-refractivity contribution < 1.29 is 4.52 Å². The summed E-state index contributed by atoms with van der Waals surface area (Å²) >= 11 is 0. The Labute approximate surface area is 114 Å². The molecule has 0 bridgehead atoms. The molecule has 0 aromatic carbocycles. The molecular weight excluding hydrogens is 242 g/mol. The van der Waals surface area contributed by atoms with E-state index in [1.54, 1.807) is 0 Å². The van der Waals surface area contributed by atoms with E-state index >= 15 is 0 Å². The number of aromatic nitrogens is 2. The summed E-state index contributed by atoms with van der Waals surface area (Å²) in [6, 6.07) is 0.221. The Kier molecular flexibility index (Phi) is 4.90. The standard InChI is InChI=1S/C13H25N5O/c1-10(8-14)7-12-15-13(16-19-12)11-9-17(2)5-4-6-18(11)3/h10-11H,4-9,14H2,1-3H3. The average Bonchev–Trinajstić information content (AvgIpc) is 2.76. The van der Waals surface area contributed by atoms with Crippen molar-refractivity contribution in [2.45, 2.75) is 25.8 Å². The van der Waals surface area contributed by atoms with E-state index in [0.717, 1.165) is 31.9 Å². The fourth-order valence-corrected chi connectivity index (χ4v) is 2.42. The molecule has 6 heteroatoms. The zero-order valence-electron chi connectivity index (χ0n) is 12.2. The monoisotopic (exact) mass is 267 g/mol. The molecule has 2 N–H and O–H groups in total. The lowest BCUT2D eigenvalue weighted by molar-refractivity contribution is 0.214. The summed E-state index contributed by atoms with van der Waals surface area (Å²) < 4.78 is 5.35. The third kappa shape index (κ3) is 3.75. The Bertz CT molecular complexity index is 394. The predicted molar refractivity (Wildman–Crippen MR) is 73.7 cm³/mol. The molecule has 108 valence electrons. The molecule has 6 nitrogen and oxygen atoms in total. The van der Waals surface area contributed by atoms with Crippen LogP contribution in [-0.4, -0.2) is 60.2 Å². The number of nitrogens with zero attached hydrogens (tertiary/aromatic N) is 4. The Morgan fingerprint density at radius 1 is 1.42 bits per heavy atom. The first-order valence-corrected chi connectivity index (χ1v) is 7.01. The number of nitrogens with two attached hydrogens (primary N) is 1. The Morgan fingerprint density at radius 3 is 2.95 bits per heavy atom. The zero-order chi connectivity index (χ0) is 13.8. The van der Waals surface area contributed by atoms with E-state index in [1.165, 1.54) is 6.42 Å². The van der Waals surface area contributed by atoms with E-state index < -0.39 is 0 Å². The number of hydrogen-bond donors (Lipinski definition) is 1. The molecule has 1 fully saturated rings. The molecule has 0 saturated carbocycles. The largest absolute Gasteiger partial charge is 0.339 e. The molecule has 1 saturated heterocycles. The van der Waals surface area contributed by atoms with E-state index in [9.17, 15) is 0 Å². The van der Waals surface area contributed by atoms with Crippen LogP contribution in [0.3, 0.4) is 0 Å². The van der Waals surface area contributed by atoms with Gasteiger partial charge in [-0.2, -0.15) is 4.98 Å². The lowest BCUT2D eigenvalue weighted by atomic mass is 10.1. The van der Waals surface area contributed by atoms with E-state index in [-0.39, 0.29) is 6.04 Å². The third-order valence-electron chi connectivity index (χ3n) is 3.77. The smallest absolute Gasteiger partial charge is 0.227 e. The molecule has 1 aliphatic rings. The molecule has 2 unspecified atom stereocenters. The highest BCUT2D eigenvalue weighted by atomic mass is 16.5. The Balaban J connectivity index is 2.07. The maximum atomic E-state index is 5.63. The molecule has 0 aliphatic carbocycles. The van der Waals surface area contributed by atoms with Crippen molar-refractivity contribution in [3.05, 3.63) is 11.7 Å². The summed E-state index contributed by atoms with van der Waals surface area (Å²) in [6.45, 7) is 5.87. The Hall–Kier alpha value is -0.980. The van der Waals surface area contributed by atoms with Gasteiger partial charge < -0.3 is 15.2 Å². The molecule has 19 heavy (non-hydrogen) atoms. The highest BCUT2D eigenvalue weighted by Crippen LogP contribution is 2.21. The van der Waals surface area contributed by atoms with Gasteiger partial charge in [-0.15, -0.1) is 0 Å². The van der Waals surface area contributed by atoms with Gasteiger partial charge in [0.15, 0.2) is 5.82 Å². The van der Waals surface area contributed by atoms with Crippen LogP contribution in [0.4, 0.5) is 0 Å². The van der Waals surface area contributed by atoms with Gasteiger partial charge in [0.2, 0.25) is 5.89 Å². The fraction of sp³-hybridized carbons (Fsp3) is 0.846. The van der Waals surface area contributed by atoms with Crippen molar-refractivity contribution in [1.29, 1.82) is 0 Å². The summed E-state index contributed by atoms with van der Waals surface area (Å²) in [5.41, 5.74) is 5.63. The number of likely N-dealkylation sites (N-methyl/N-ethyl adjacent to an activating group) is 2. The van der Waals surface area contributed by atoms with Crippen LogP contribution >= 0.6 is 0 Å². The van der Waals surface area contributed by atoms with Crippen molar-refractivity contribution >= 4 is 0 Å². The molecular formula is C13H25N5O. The van der Waals surface area contributed by atoms with Gasteiger partial charge in [0.1, 0.15) is 0 Å². The quantitative estimate of drug-likeness (QED) is 0.857. The molecule has 0 amide bonds. The molecule has 1 aliphatic heterocycles. The van der Waals surface area contributed by atoms with Crippen molar-refractivity contribution in [3.63, 3.8) is 0 Å². The highest BCUT2D eigenvalue weighted by molar-refractivity contribution is 4.97. The van der Waals surface area contributed by atoms with E-state index in [4.69, 9.17) is 10.3 Å². The van der Waals surface area contributed by atoms with Crippen molar-refractivity contribution in [2.75, 3.05) is 40.3 Å². The van der Waals surface area contributed by atoms with Gasteiger partial charge in [-0.25, -0.2) is 0 Å². The van der Waals surface area contributed by atoms with Gasteiger partial charge in [0.05, 0.1) is 6.04 Å². The maximum absolute atomic E-state index is 5.63. The van der Waals surface area contributed by atoms with Crippen LogP contribution < -0.4 is 5.73 Å². The fourth-order valence-electron chi connectivity index (χ4n) is 2.42. The van der Waals surface area contributed by atoms with Crippen molar-refractivity contribution in [2.24, 2.45) is 11.7 Å². The molecule has 0 radical (unpaired) electrons. The van der Waals surface area contributed by atoms with Crippen LogP contribution in [0.2, 0.25) is 0 Å². The molecule has 2 heterocycles. The van der Waals surface area contributed by atoms with E-state index in [0.29, 0.717) is 18.4 Å². The first-order chi connectivity index (χ1) is 9.10. The van der Waals surface area contributed by atoms with Gasteiger partial charge in [-0.1, -0.05) is 12.1 Å². The second-order valence-corrected chi connectivity index (χ2v) is 5.70. The van der Waals surface area contributed by atoms with Gasteiger partial charge in [-0.05, 0) is 46.1 Å². The molecule has 2 atom stereocenters. The maximum Gasteiger partial charge on any atom is 0.227 e. The van der Waals surface area contributed by atoms with Gasteiger partial charge in [-0.3, -0.25) is 4.90 Å². The first-order valence-electron chi connectivity index (χ1n) is 7.01.